The Morgan fingerprint density at radius 1 is 1.31 bits per heavy atom. The lowest BCUT2D eigenvalue weighted by Crippen LogP contribution is -2.28. The Kier molecular flexibility index (Phi) is 7.77. The Morgan fingerprint density at radius 3 is 2.31 bits per heavy atom. The highest BCUT2D eigenvalue weighted by Gasteiger charge is 2.27. The van der Waals surface area contributed by atoms with Crippen LogP contribution >= 0.6 is 0 Å². The van der Waals surface area contributed by atoms with E-state index in [0.29, 0.717) is 0 Å². The molecule has 0 amide bonds. The van der Waals surface area contributed by atoms with Gasteiger partial charge in [0.1, 0.15) is 6.29 Å². The van der Waals surface area contributed by atoms with Crippen molar-refractivity contribution in [2.24, 2.45) is 17.8 Å². The van der Waals surface area contributed by atoms with Gasteiger partial charge >= 0.3 is 0 Å². The van der Waals surface area contributed by atoms with Crippen LogP contribution in [0.25, 0.3) is 0 Å². The van der Waals surface area contributed by atoms with Gasteiger partial charge in [-0.15, -0.1) is 0 Å². The number of rotatable bonds is 9. The third-order valence-electron chi connectivity index (χ3n) is 3.03. The maximum atomic E-state index is 11.0. The van der Waals surface area contributed by atoms with Gasteiger partial charge in [0.2, 0.25) is 6.54 Å². The predicted octanol–water partition coefficient (Wildman–Crippen LogP) is 2.93. The van der Waals surface area contributed by atoms with Crippen molar-refractivity contribution in [3.05, 3.63) is 10.1 Å². The van der Waals surface area contributed by atoms with Gasteiger partial charge in [-0.2, -0.15) is 0 Å². The van der Waals surface area contributed by atoms with E-state index in [1.165, 1.54) is 0 Å². The van der Waals surface area contributed by atoms with Crippen molar-refractivity contribution in [1.29, 1.82) is 0 Å². The first-order valence-corrected chi connectivity index (χ1v) is 6.10. The number of aldehydes is 1. The second-order valence-corrected chi connectivity index (χ2v) is 4.73. The normalized spacial score (nSPS) is 14.8. The molecule has 4 nitrogen and oxygen atoms in total. The highest BCUT2D eigenvalue weighted by molar-refractivity contribution is 5.54. The molecule has 4 heteroatoms. The molecule has 0 aromatic heterocycles. The second-order valence-electron chi connectivity index (χ2n) is 4.73. The molecule has 0 saturated heterocycles. The van der Waals surface area contributed by atoms with Gasteiger partial charge in [-0.05, 0) is 12.3 Å². The third kappa shape index (κ3) is 5.83. The lowest BCUT2D eigenvalue weighted by atomic mass is 9.81. The quantitative estimate of drug-likeness (QED) is 0.264. The zero-order chi connectivity index (χ0) is 12.6. The predicted molar refractivity (Wildman–Crippen MR) is 63.9 cm³/mol. The molecule has 2 atom stereocenters. The first-order chi connectivity index (χ1) is 7.52. The summed E-state index contributed by atoms with van der Waals surface area (Å²) in [5.41, 5.74) is 0. The molecule has 0 heterocycles. The van der Waals surface area contributed by atoms with Gasteiger partial charge in [0.25, 0.3) is 0 Å². The zero-order valence-electron chi connectivity index (χ0n) is 10.5. The van der Waals surface area contributed by atoms with Crippen LogP contribution in [0.4, 0.5) is 0 Å². The van der Waals surface area contributed by atoms with Gasteiger partial charge in [-0.25, -0.2) is 0 Å². The van der Waals surface area contributed by atoms with Crippen LogP contribution in [0.15, 0.2) is 0 Å². The largest absolute Gasteiger partial charge is 0.303 e. The molecule has 0 aliphatic heterocycles. The van der Waals surface area contributed by atoms with Crippen LogP contribution in [0.3, 0.4) is 0 Å². The average Bonchev–Trinajstić information content (AvgIpc) is 2.17. The summed E-state index contributed by atoms with van der Waals surface area (Å²) < 4.78 is 0. The fourth-order valence-corrected chi connectivity index (χ4v) is 2.07. The Bertz CT molecular complexity index is 216. The molecule has 0 spiro atoms. The molecule has 0 aromatic rings. The summed E-state index contributed by atoms with van der Waals surface area (Å²) in [6.45, 7) is 5.92. The topological polar surface area (TPSA) is 60.2 Å². The average molecular weight is 229 g/mol. The van der Waals surface area contributed by atoms with Crippen LogP contribution in [0.1, 0.15) is 46.5 Å². The summed E-state index contributed by atoms with van der Waals surface area (Å²) in [6, 6.07) is 0. The number of hydrogen-bond donors (Lipinski definition) is 0. The summed E-state index contributed by atoms with van der Waals surface area (Å²) in [5.74, 6) is -0.0922. The molecule has 0 saturated carbocycles. The minimum absolute atomic E-state index is 0.0781. The first-order valence-electron chi connectivity index (χ1n) is 6.10. The van der Waals surface area contributed by atoms with Crippen molar-refractivity contribution in [2.75, 3.05) is 6.54 Å². The highest BCUT2D eigenvalue weighted by Crippen LogP contribution is 2.24. The fraction of sp³-hybridized carbons (Fsp3) is 0.917. The van der Waals surface area contributed by atoms with Gasteiger partial charge in [-0.3, -0.25) is 10.1 Å². The third-order valence-corrected chi connectivity index (χ3v) is 3.03. The van der Waals surface area contributed by atoms with Crippen LogP contribution in [-0.2, 0) is 4.79 Å². The molecule has 0 aromatic carbocycles. The van der Waals surface area contributed by atoms with Crippen molar-refractivity contribution in [2.45, 2.75) is 46.5 Å². The molecule has 0 aliphatic carbocycles. The lowest BCUT2D eigenvalue weighted by molar-refractivity contribution is -0.490. The van der Waals surface area contributed by atoms with Gasteiger partial charge < -0.3 is 4.79 Å². The number of carbonyl (C=O) groups is 1. The minimum Gasteiger partial charge on any atom is -0.303 e. The van der Waals surface area contributed by atoms with Crippen molar-refractivity contribution < 1.29 is 9.72 Å². The van der Waals surface area contributed by atoms with E-state index in [-0.39, 0.29) is 29.2 Å². The number of nitrogens with zero attached hydrogens (tertiary/aromatic N) is 1. The molecule has 94 valence electrons. The molecule has 0 aliphatic rings. The van der Waals surface area contributed by atoms with Gasteiger partial charge in [0.05, 0.1) is 0 Å². The molecular weight excluding hydrogens is 206 g/mol. The Hall–Kier alpha value is -0.930. The van der Waals surface area contributed by atoms with E-state index >= 15 is 0 Å². The van der Waals surface area contributed by atoms with Gasteiger partial charge in [0.15, 0.2) is 0 Å². The van der Waals surface area contributed by atoms with E-state index < -0.39 is 0 Å². The number of carbonyl (C=O) groups excluding carboxylic acids is 1. The van der Waals surface area contributed by atoms with Crippen LogP contribution in [0.2, 0.25) is 0 Å². The summed E-state index contributed by atoms with van der Waals surface area (Å²) in [5, 5.41) is 10.6. The molecule has 0 fully saturated rings. The summed E-state index contributed by atoms with van der Waals surface area (Å²) >= 11 is 0. The van der Waals surface area contributed by atoms with E-state index in [2.05, 4.69) is 6.92 Å². The molecule has 0 bridgehead atoms. The van der Waals surface area contributed by atoms with Gasteiger partial charge in [0, 0.05) is 16.8 Å². The van der Waals surface area contributed by atoms with Crippen LogP contribution in [0, 0.1) is 27.9 Å². The van der Waals surface area contributed by atoms with Crippen LogP contribution in [-0.4, -0.2) is 17.8 Å². The summed E-state index contributed by atoms with van der Waals surface area (Å²) in [7, 11) is 0. The number of hydrogen-bond acceptors (Lipinski definition) is 3. The van der Waals surface area contributed by atoms with E-state index in [9.17, 15) is 14.9 Å². The standard InChI is InChI=1S/C12H23NO3/c1-4-5-6-7-11(8-13(15)16)12(9-14)10(2)3/h9-12H,4-8H2,1-3H3/t11-,12-/m1/s1. The minimum atomic E-state index is -0.296. The lowest BCUT2D eigenvalue weighted by Gasteiger charge is -2.22. The van der Waals surface area contributed by atoms with Crippen LogP contribution in [0.5, 0.6) is 0 Å². The summed E-state index contributed by atoms with van der Waals surface area (Å²) in [6.07, 6.45) is 4.84. The second kappa shape index (κ2) is 8.25. The van der Waals surface area contributed by atoms with E-state index in [1.54, 1.807) is 0 Å². The molecule has 0 N–H and O–H groups in total. The molecule has 0 rings (SSSR count). The van der Waals surface area contributed by atoms with E-state index in [1.807, 2.05) is 13.8 Å². The smallest absolute Gasteiger partial charge is 0.207 e. The number of nitro groups is 1. The van der Waals surface area contributed by atoms with Crippen molar-refractivity contribution in [3.8, 4) is 0 Å². The Balaban J connectivity index is 4.37. The molecule has 16 heavy (non-hydrogen) atoms. The molecule has 0 radical (unpaired) electrons. The van der Waals surface area contributed by atoms with Crippen molar-refractivity contribution in [3.63, 3.8) is 0 Å². The Morgan fingerprint density at radius 2 is 1.94 bits per heavy atom. The van der Waals surface area contributed by atoms with Gasteiger partial charge in [-0.1, -0.05) is 40.0 Å². The highest BCUT2D eigenvalue weighted by atomic mass is 16.6. The Labute approximate surface area is 97.6 Å². The first kappa shape index (κ1) is 15.1. The van der Waals surface area contributed by atoms with Crippen LogP contribution < -0.4 is 0 Å². The monoisotopic (exact) mass is 229 g/mol. The fourth-order valence-electron chi connectivity index (χ4n) is 2.07. The van der Waals surface area contributed by atoms with Crippen molar-refractivity contribution in [1.82, 2.24) is 0 Å². The molecular formula is C12H23NO3. The molecule has 0 unspecified atom stereocenters. The SMILES string of the molecule is CCCCC[C@H](C[N+](=O)[O-])[C@H](C=O)C(C)C. The maximum Gasteiger partial charge on any atom is 0.207 e. The maximum absolute atomic E-state index is 11.0. The van der Waals surface area contributed by atoms with E-state index in [4.69, 9.17) is 0 Å². The number of unbranched alkanes of at least 4 members (excludes halogenated alkanes) is 2. The zero-order valence-corrected chi connectivity index (χ0v) is 10.5. The summed E-state index contributed by atoms with van der Waals surface area (Å²) in [4.78, 5) is 21.3. The van der Waals surface area contributed by atoms with Crippen molar-refractivity contribution >= 4 is 6.29 Å². The van der Waals surface area contributed by atoms with E-state index in [0.717, 1.165) is 32.0 Å².